The molecule has 2 rings (SSSR count). The van der Waals surface area contributed by atoms with Gasteiger partial charge in [-0.15, -0.1) is 0 Å². The van der Waals surface area contributed by atoms with Gasteiger partial charge in [-0.3, -0.25) is 4.79 Å². The van der Waals surface area contributed by atoms with E-state index in [-0.39, 0.29) is 11.8 Å². The predicted molar refractivity (Wildman–Crippen MR) is 95.3 cm³/mol. The summed E-state index contributed by atoms with van der Waals surface area (Å²) in [6.07, 6.45) is 1.34. The smallest absolute Gasteiger partial charge is 0.243 e. The van der Waals surface area contributed by atoms with Crippen molar-refractivity contribution in [3.8, 4) is 6.07 Å². The summed E-state index contributed by atoms with van der Waals surface area (Å²) in [5.41, 5.74) is 1.77. The highest BCUT2D eigenvalue weighted by molar-refractivity contribution is 7.89. The Kier molecular flexibility index (Phi) is 6.20. The summed E-state index contributed by atoms with van der Waals surface area (Å²) in [4.78, 5) is 14.3. The molecule has 0 atom stereocenters. The maximum absolute atomic E-state index is 12.9. The van der Waals surface area contributed by atoms with Gasteiger partial charge in [0.2, 0.25) is 15.9 Å². The fourth-order valence-corrected chi connectivity index (χ4v) is 4.89. The van der Waals surface area contributed by atoms with E-state index in [9.17, 15) is 13.2 Å². The molecule has 1 aromatic rings. The molecular formula is C18H25N3O3S. The lowest BCUT2D eigenvalue weighted by Gasteiger charge is -2.32. The van der Waals surface area contributed by atoms with Crippen LogP contribution in [0.1, 0.15) is 30.4 Å². The van der Waals surface area contributed by atoms with Gasteiger partial charge in [-0.1, -0.05) is 17.7 Å². The molecule has 0 spiro atoms. The summed E-state index contributed by atoms with van der Waals surface area (Å²) in [6.45, 7) is 4.84. The van der Waals surface area contributed by atoms with Crippen LogP contribution in [0.4, 0.5) is 0 Å². The Hall–Kier alpha value is -1.91. The third kappa shape index (κ3) is 4.39. The Morgan fingerprint density at radius 1 is 1.32 bits per heavy atom. The largest absolute Gasteiger partial charge is 0.344 e. The highest BCUT2D eigenvalue weighted by Gasteiger charge is 2.33. The van der Waals surface area contributed by atoms with Crippen molar-refractivity contribution in [2.24, 2.45) is 5.92 Å². The molecule has 1 heterocycles. The molecule has 0 saturated carbocycles. The SMILES string of the molecule is Cc1ccc(S(=O)(=O)N2CCC(C(=O)N(C)CCC#N)CC2)c(C)c1. The molecule has 1 amide bonds. The molecule has 0 N–H and O–H groups in total. The molecule has 0 unspecified atom stereocenters. The molecule has 25 heavy (non-hydrogen) atoms. The number of nitriles is 1. The Morgan fingerprint density at radius 2 is 1.96 bits per heavy atom. The monoisotopic (exact) mass is 363 g/mol. The zero-order valence-electron chi connectivity index (χ0n) is 15.0. The molecule has 0 bridgehead atoms. The van der Waals surface area contributed by atoms with E-state index < -0.39 is 10.0 Å². The van der Waals surface area contributed by atoms with Crippen LogP contribution in [0.15, 0.2) is 23.1 Å². The van der Waals surface area contributed by atoms with Crippen LogP contribution < -0.4 is 0 Å². The maximum atomic E-state index is 12.9. The second-order valence-corrected chi connectivity index (χ2v) is 8.52. The van der Waals surface area contributed by atoms with Crippen LogP contribution in [0.25, 0.3) is 0 Å². The van der Waals surface area contributed by atoms with Crippen molar-refractivity contribution in [2.45, 2.75) is 38.0 Å². The first-order chi connectivity index (χ1) is 11.8. The fourth-order valence-electron chi connectivity index (χ4n) is 3.21. The Labute approximate surface area is 150 Å². The first kappa shape index (κ1) is 19.4. The van der Waals surface area contributed by atoms with Crippen molar-refractivity contribution in [1.29, 1.82) is 5.26 Å². The number of sulfonamides is 1. The van der Waals surface area contributed by atoms with Crippen LogP contribution >= 0.6 is 0 Å². The van der Waals surface area contributed by atoms with Gasteiger partial charge in [0.1, 0.15) is 0 Å². The predicted octanol–water partition coefficient (Wildman–Crippen LogP) is 2.08. The lowest BCUT2D eigenvalue weighted by molar-refractivity contribution is -0.135. The number of hydrogen-bond donors (Lipinski definition) is 0. The van der Waals surface area contributed by atoms with Gasteiger partial charge in [0.05, 0.1) is 17.4 Å². The number of nitrogens with zero attached hydrogens (tertiary/aromatic N) is 3. The van der Waals surface area contributed by atoms with E-state index in [4.69, 9.17) is 5.26 Å². The molecule has 1 aromatic carbocycles. The standard InChI is InChI=1S/C18H25N3O3S/c1-14-5-6-17(15(2)13-14)25(23,24)21-11-7-16(8-12-21)18(22)20(3)10-4-9-19/h5-6,13,16H,4,7-8,10-12H2,1-3H3. The van der Waals surface area contributed by atoms with Gasteiger partial charge in [0.25, 0.3) is 0 Å². The van der Waals surface area contributed by atoms with Crippen molar-refractivity contribution in [3.05, 3.63) is 29.3 Å². The van der Waals surface area contributed by atoms with Gasteiger partial charge >= 0.3 is 0 Å². The van der Waals surface area contributed by atoms with Gasteiger partial charge in [0, 0.05) is 32.6 Å². The summed E-state index contributed by atoms with van der Waals surface area (Å²) in [7, 11) is -1.83. The first-order valence-corrected chi connectivity index (χ1v) is 9.90. The average molecular weight is 363 g/mol. The second kappa shape index (κ2) is 7.98. The zero-order chi connectivity index (χ0) is 18.6. The molecular weight excluding hydrogens is 338 g/mol. The van der Waals surface area contributed by atoms with E-state index in [1.807, 2.05) is 19.1 Å². The van der Waals surface area contributed by atoms with Crippen LogP contribution in [-0.2, 0) is 14.8 Å². The number of aryl methyl sites for hydroxylation is 2. The number of benzene rings is 1. The van der Waals surface area contributed by atoms with Crippen molar-refractivity contribution >= 4 is 15.9 Å². The number of rotatable bonds is 5. The molecule has 0 radical (unpaired) electrons. The normalized spacial score (nSPS) is 16.4. The lowest BCUT2D eigenvalue weighted by Crippen LogP contribution is -2.43. The second-order valence-electron chi connectivity index (χ2n) is 6.62. The quantitative estimate of drug-likeness (QED) is 0.802. The Balaban J connectivity index is 2.04. The summed E-state index contributed by atoms with van der Waals surface area (Å²) in [5, 5.41) is 8.62. The summed E-state index contributed by atoms with van der Waals surface area (Å²) >= 11 is 0. The summed E-state index contributed by atoms with van der Waals surface area (Å²) in [6, 6.07) is 7.36. The van der Waals surface area contributed by atoms with Gasteiger partial charge in [0.15, 0.2) is 0 Å². The van der Waals surface area contributed by atoms with Gasteiger partial charge in [-0.2, -0.15) is 9.57 Å². The van der Waals surface area contributed by atoms with E-state index in [0.717, 1.165) is 11.1 Å². The van der Waals surface area contributed by atoms with Crippen molar-refractivity contribution in [1.82, 2.24) is 9.21 Å². The topological polar surface area (TPSA) is 81.5 Å². The number of amides is 1. The van der Waals surface area contributed by atoms with E-state index in [2.05, 4.69) is 0 Å². The van der Waals surface area contributed by atoms with Crippen LogP contribution in [0.2, 0.25) is 0 Å². The van der Waals surface area contributed by atoms with Gasteiger partial charge < -0.3 is 4.90 Å². The van der Waals surface area contributed by atoms with Crippen LogP contribution in [0.3, 0.4) is 0 Å². The molecule has 136 valence electrons. The van der Waals surface area contributed by atoms with E-state index in [1.165, 1.54) is 4.31 Å². The summed E-state index contributed by atoms with van der Waals surface area (Å²) in [5.74, 6) is -0.173. The van der Waals surface area contributed by atoms with Crippen LogP contribution in [0, 0.1) is 31.1 Å². The molecule has 7 heteroatoms. The van der Waals surface area contributed by atoms with Gasteiger partial charge in [-0.05, 0) is 38.3 Å². The van der Waals surface area contributed by atoms with E-state index in [0.29, 0.717) is 43.8 Å². The number of hydrogen-bond acceptors (Lipinski definition) is 4. The molecule has 1 fully saturated rings. The van der Waals surface area contributed by atoms with E-state index in [1.54, 1.807) is 31.0 Å². The lowest BCUT2D eigenvalue weighted by atomic mass is 9.96. The average Bonchev–Trinajstić information content (AvgIpc) is 2.58. The maximum Gasteiger partial charge on any atom is 0.243 e. The minimum atomic E-state index is -3.53. The third-order valence-corrected chi connectivity index (χ3v) is 6.75. The molecule has 0 aromatic heterocycles. The Bertz CT molecular complexity index is 775. The van der Waals surface area contributed by atoms with E-state index >= 15 is 0 Å². The van der Waals surface area contributed by atoms with Crippen molar-refractivity contribution in [3.63, 3.8) is 0 Å². The molecule has 1 saturated heterocycles. The number of carbonyl (C=O) groups excluding carboxylic acids is 1. The third-order valence-electron chi connectivity index (χ3n) is 4.69. The molecule has 1 aliphatic heterocycles. The summed E-state index contributed by atoms with van der Waals surface area (Å²) < 4.78 is 27.2. The fraction of sp³-hybridized carbons (Fsp3) is 0.556. The van der Waals surface area contributed by atoms with Gasteiger partial charge in [-0.25, -0.2) is 8.42 Å². The number of carbonyl (C=O) groups is 1. The highest BCUT2D eigenvalue weighted by Crippen LogP contribution is 2.27. The Morgan fingerprint density at radius 3 is 2.52 bits per heavy atom. The van der Waals surface area contributed by atoms with Crippen LogP contribution in [0.5, 0.6) is 0 Å². The molecule has 6 nitrogen and oxygen atoms in total. The molecule has 0 aliphatic carbocycles. The minimum absolute atomic E-state index is 0.00110. The first-order valence-electron chi connectivity index (χ1n) is 8.46. The highest BCUT2D eigenvalue weighted by atomic mass is 32.2. The molecule has 1 aliphatic rings. The van der Waals surface area contributed by atoms with Crippen molar-refractivity contribution < 1.29 is 13.2 Å². The minimum Gasteiger partial charge on any atom is -0.344 e. The van der Waals surface area contributed by atoms with Crippen molar-refractivity contribution in [2.75, 3.05) is 26.7 Å². The number of piperidine rings is 1. The zero-order valence-corrected chi connectivity index (χ0v) is 15.8. The van der Waals surface area contributed by atoms with Crippen LogP contribution in [-0.4, -0.2) is 50.2 Å².